The number of thiol groups is 1. The molecule has 0 fully saturated rings. The van der Waals surface area contributed by atoms with Crippen molar-refractivity contribution in [2.24, 2.45) is 0 Å². The van der Waals surface area contributed by atoms with Crippen LogP contribution in [0.5, 0.6) is 0 Å². The van der Waals surface area contributed by atoms with Gasteiger partial charge in [-0.1, -0.05) is 18.2 Å². The fourth-order valence-corrected chi connectivity index (χ4v) is 2.75. The maximum Gasteiger partial charge on any atom is 0.0459 e. The predicted octanol–water partition coefficient (Wildman–Crippen LogP) is 3.01. The molecule has 2 aromatic rings. The molecular formula is C13H18N2S. The van der Waals surface area contributed by atoms with Gasteiger partial charge in [0.2, 0.25) is 0 Å². The molecule has 0 aliphatic rings. The summed E-state index contributed by atoms with van der Waals surface area (Å²) in [5.74, 6) is 0.829. The molecule has 1 atom stereocenters. The Bertz CT molecular complexity index is 488. The molecule has 1 aromatic heterocycles. The third kappa shape index (κ3) is 1.85. The van der Waals surface area contributed by atoms with E-state index in [1.54, 1.807) is 0 Å². The molecule has 0 amide bonds. The van der Waals surface area contributed by atoms with Gasteiger partial charge in [-0.15, -0.1) is 0 Å². The molecule has 2 rings (SSSR count). The maximum absolute atomic E-state index is 4.46. The number of hydrogen-bond donors (Lipinski definition) is 2. The van der Waals surface area contributed by atoms with Gasteiger partial charge >= 0.3 is 0 Å². The Morgan fingerprint density at radius 3 is 2.62 bits per heavy atom. The molecule has 0 aliphatic carbocycles. The van der Waals surface area contributed by atoms with Gasteiger partial charge in [0.25, 0.3) is 0 Å². The minimum absolute atomic E-state index is 0.361. The second-order valence-corrected chi connectivity index (χ2v) is 4.74. The molecular weight excluding hydrogens is 216 g/mol. The van der Waals surface area contributed by atoms with Gasteiger partial charge in [-0.3, -0.25) is 0 Å². The Morgan fingerprint density at radius 2 is 2.00 bits per heavy atom. The van der Waals surface area contributed by atoms with Crippen molar-refractivity contribution >= 4 is 23.5 Å². The SMILES string of the molecule is Cc1[nH]c2ccccc2c1C(CS)N(C)C. The first-order chi connectivity index (χ1) is 7.65. The summed E-state index contributed by atoms with van der Waals surface area (Å²) in [6.07, 6.45) is 0. The van der Waals surface area contributed by atoms with Crippen LogP contribution in [0.3, 0.4) is 0 Å². The van der Waals surface area contributed by atoms with Gasteiger partial charge < -0.3 is 9.88 Å². The van der Waals surface area contributed by atoms with E-state index in [0.717, 1.165) is 5.75 Å². The first kappa shape index (κ1) is 11.6. The third-order valence-electron chi connectivity index (χ3n) is 3.07. The number of para-hydroxylation sites is 1. The van der Waals surface area contributed by atoms with Crippen molar-refractivity contribution in [2.75, 3.05) is 19.8 Å². The second-order valence-electron chi connectivity index (χ2n) is 4.37. The fourth-order valence-electron chi connectivity index (χ4n) is 2.24. The molecule has 16 heavy (non-hydrogen) atoms. The van der Waals surface area contributed by atoms with Crippen LogP contribution in [0.15, 0.2) is 24.3 Å². The van der Waals surface area contributed by atoms with E-state index < -0.39 is 0 Å². The lowest BCUT2D eigenvalue weighted by atomic mass is 10.0. The van der Waals surface area contributed by atoms with Crippen molar-refractivity contribution < 1.29 is 0 Å². The Labute approximate surface area is 102 Å². The van der Waals surface area contributed by atoms with Crippen molar-refractivity contribution in [1.29, 1.82) is 0 Å². The highest BCUT2D eigenvalue weighted by atomic mass is 32.1. The number of H-pyrrole nitrogens is 1. The van der Waals surface area contributed by atoms with Crippen LogP contribution < -0.4 is 0 Å². The van der Waals surface area contributed by atoms with E-state index in [0.29, 0.717) is 6.04 Å². The first-order valence-electron chi connectivity index (χ1n) is 5.49. The van der Waals surface area contributed by atoms with Crippen LogP contribution in [0.1, 0.15) is 17.3 Å². The normalized spacial score (nSPS) is 13.6. The van der Waals surface area contributed by atoms with Crippen LogP contribution in [0.25, 0.3) is 10.9 Å². The lowest BCUT2D eigenvalue weighted by Gasteiger charge is -2.23. The van der Waals surface area contributed by atoms with Crippen LogP contribution >= 0.6 is 12.6 Å². The molecule has 0 bridgehead atoms. The van der Waals surface area contributed by atoms with Gasteiger partial charge in [-0.25, -0.2) is 0 Å². The molecule has 1 heterocycles. The number of aryl methyl sites for hydroxylation is 1. The highest BCUT2D eigenvalue weighted by molar-refractivity contribution is 7.80. The van der Waals surface area contributed by atoms with Gasteiger partial charge in [0.15, 0.2) is 0 Å². The van der Waals surface area contributed by atoms with E-state index in [9.17, 15) is 0 Å². The summed E-state index contributed by atoms with van der Waals surface area (Å²) in [4.78, 5) is 5.65. The minimum Gasteiger partial charge on any atom is -0.358 e. The van der Waals surface area contributed by atoms with Crippen molar-refractivity contribution in [2.45, 2.75) is 13.0 Å². The molecule has 1 N–H and O–H groups in total. The van der Waals surface area contributed by atoms with Crippen LogP contribution in [0, 0.1) is 6.92 Å². The first-order valence-corrected chi connectivity index (χ1v) is 6.13. The highest BCUT2D eigenvalue weighted by Crippen LogP contribution is 2.30. The molecule has 0 spiro atoms. The number of rotatable bonds is 3. The molecule has 3 heteroatoms. The van der Waals surface area contributed by atoms with Crippen molar-refractivity contribution in [3.8, 4) is 0 Å². The largest absolute Gasteiger partial charge is 0.358 e. The Balaban J connectivity index is 2.62. The Hall–Kier alpha value is -0.930. The zero-order valence-electron chi connectivity index (χ0n) is 9.99. The van der Waals surface area contributed by atoms with Gasteiger partial charge in [-0.2, -0.15) is 12.6 Å². The fraction of sp³-hybridized carbons (Fsp3) is 0.385. The summed E-state index contributed by atoms with van der Waals surface area (Å²) in [6.45, 7) is 2.13. The van der Waals surface area contributed by atoms with E-state index in [1.165, 1.54) is 22.2 Å². The monoisotopic (exact) mass is 234 g/mol. The van der Waals surface area contributed by atoms with E-state index in [2.05, 4.69) is 67.8 Å². The zero-order valence-corrected chi connectivity index (χ0v) is 10.9. The molecule has 0 radical (unpaired) electrons. The molecule has 0 saturated carbocycles. The Morgan fingerprint density at radius 1 is 1.31 bits per heavy atom. The van der Waals surface area contributed by atoms with E-state index >= 15 is 0 Å². The average molecular weight is 234 g/mol. The molecule has 0 saturated heterocycles. The summed E-state index contributed by atoms with van der Waals surface area (Å²) in [6, 6.07) is 8.81. The lowest BCUT2D eigenvalue weighted by molar-refractivity contribution is 0.327. The van der Waals surface area contributed by atoms with Gasteiger partial charge in [0, 0.05) is 28.4 Å². The summed E-state index contributed by atoms with van der Waals surface area (Å²) >= 11 is 4.46. The van der Waals surface area contributed by atoms with Gasteiger partial charge in [0.05, 0.1) is 0 Å². The summed E-state index contributed by atoms with van der Waals surface area (Å²) in [5, 5.41) is 1.31. The lowest BCUT2D eigenvalue weighted by Crippen LogP contribution is -2.21. The van der Waals surface area contributed by atoms with Crippen LogP contribution in [0.4, 0.5) is 0 Å². The third-order valence-corrected chi connectivity index (χ3v) is 3.42. The Kier molecular flexibility index (Phi) is 3.26. The number of nitrogens with one attached hydrogen (secondary N) is 1. The van der Waals surface area contributed by atoms with E-state index in [1.807, 2.05) is 0 Å². The molecule has 1 unspecified atom stereocenters. The van der Waals surface area contributed by atoms with Crippen molar-refractivity contribution in [3.05, 3.63) is 35.5 Å². The van der Waals surface area contributed by atoms with Gasteiger partial charge in [0.1, 0.15) is 0 Å². The van der Waals surface area contributed by atoms with Crippen LogP contribution in [0.2, 0.25) is 0 Å². The number of aromatic amines is 1. The van der Waals surface area contributed by atoms with Crippen LogP contribution in [-0.2, 0) is 0 Å². The smallest absolute Gasteiger partial charge is 0.0459 e. The van der Waals surface area contributed by atoms with E-state index in [-0.39, 0.29) is 0 Å². The second kappa shape index (κ2) is 4.52. The standard InChI is InChI=1S/C13H18N2S/c1-9-13(12(8-16)15(2)3)10-6-4-5-7-11(10)14-9/h4-7,12,14,16H,8H2,1-3H3. The summed E-state index contributed by atoms with van der Waals surface area (Å²) in [7, 11) is 4.20. The molecule has 0 aliphatic heterocycles. The van der Waals surface area contributed by atoms with Crippen LogP contribution in [-0.4, -0.2) is 29.7 Å². The van der Waals surface area contributed by atoms with Gasteiger partial charge in [-0.05, 0) is 32.6 Å². The molecule has 2 nitrogen and oxygen atoms in total. The summed E-state index contributed by atoms with van der Waals surface area (Å²) in [5.41, 5.74) is 3.83. The number of nitrogens with zero attached hydrogens (tertiary/aromatic N) is 1. The number of benzene rings is 1. The maximum atomic E-state index is 4.46. The number of hydrogen-bond acceptors (Lipinski definition) is 2. The number of aromatic nitrogens is 1. The minimum atomic E-state index is 0.361. The average Bonchev–Trinajstić information content (AvgIpc) is 2.57. The quantitative estimate of drug-likeness (QED) is 0.782. The number of fused-ring (bicyclic) bond motifs is 1. The predicted molar refractivity (Wildman–Crippen MR) is 73.3 cm³/mol. The van der Waals surface area contributed by atoms with Crippen molar-refractivity contribution in [3.63, 3.8) is 0 Å². The summed E-state index contributed by atoms with van der Waals surface area (Å²) < 4.78 is 0. The highest BCUT2D eigenvalue weighted by Gasteiger charge is 2.18. The topological polar surface area (TPSA) is 19.0 Å². The molecule has 86 valence electrons. The van der Waals surface area contributed by atoms with Crippen molar-refractivity contribution in [1.82, 2.24) is 9.88 Å². The zero-order chi connectivity index (χ0) is 11.7. The molecule has 1 aromatic carbocycles. The van der Waals surface area contributed by atoms with E-state index in [4.69, 9.17) is 0 Å².